The fourth-order valence-electron chi connectivity index (χ4n) is 3.55. The maximum absolute atomic E-state index is 12.3. The van der Waals surface area contributed by atoms with Gasteiger partial charge in [-0.25, -0.2) is 0 Å². The zero-order valence-corrected chi connectivity index (χ0v) is 10.8. The summed E-state index contributed by atoms with van der Waals surface area (Å²) < 4.78 is 0. The van der Waals surface area contributed by atoms with Crippen LogP contribution in [0.3, 0.4) is 0 Å². The second-order valence-electron chi connectivity index (χ2n) is 6.27. The maximum Gasteiger partial charge on any atom is 0.239 e. The molecule has 2 saturated carbocycles. The van der Waals surface area contributed by atoms with Crippen LogP contribution in [0.1, 0.15) is 44.9 Å². The van der Waals surface area contributed by atoms with Gasteiger partial charge in [0.15, 0.2) is 0 Å². The molecule has 1 N–H and O–H groups in total. The summed E-state index contributed by atoms with van der Waals surface area (Å²) in [5.74, 6) is 1.91. The molecule has 1 aliphatic heterocycles. The van der Waals surface area contributed by atoms with E-state index in [1.165, 1.54) is 38.5 Å². The first-order valence-electron chi connectivity index (χ1n) is 7.25. The topological polar surface area (TPSA) is 32.3 Å². The SMILES string of the molecule is CN(CC1CC1)C(=O)C1CC2CCCCC2N1. The highest BCUT2D eigenvalue weighted by atomic mass is 16.2. The maximum atomic E-state index is 12.3. The monoisotopic (exact) mass is 236 g/mol. The molecule has 3 rings (SSSR count). The Morgan fingerprint density at radius 2 is 2.00 bits per heavy atom. The van der Waals surface area contributed by atoms with Gasteiger partial charge in [-0.2, -0.15) is 0 Å². The van der Waals surface area contributed by atoms with Gasteiger partial charge >= 0.3 is 0 Å². The van der Waals surface area contributed by atoms with Crippen LogP contribution < -0.4 is 5.32 Å². The molecular weight excluding hydrogens is 212 g/mol. The average molecular weight is 236 g/mol. The van der Waals surface area contributed by atoms with Crippen molar-refractivity contribution in [2.75, 3.05) is 13.6 Å². The molecule has 0 bridgehead atoms. The quantitative estimate of drug-likeness (QED) is 0.810. The van der Waals surface area contributed by atoms with Crippen molar-refractivity contribution in [2.45, 2.75) is 57.0 Å². The van der Waals surface area contributed by atoms with E-state index in [2.05, 4.69) is 5.32 Å². The van der Waals surface area contributed by atoms with Crippen LogP contribution in [-0.4, -0.2) is 36.5 Å². The summed E-state index contributed by atoms with van der Waals surface area (Å²) in [5, 5.41) is 3.58. The number of carbonyl (C=O) groups excluding carboxylic acids is 1. The summed E-state index contributed by atoms with van der Waals surface area (Å²) in [7, 11) is 1.98. The summed E-state index contributed by atoms with van der Waals surface area (Å²) in [5.41, 5.74) is 0. The predicted octanol–water partition coefficient (Wildman–Crippen LogP) is 1.78. The summed E-state index contributed by atoms with van der Waals surface area (Å²) in [4.78, 5) is 14.3. The normalized spacial score (nSPS) is 36.6. The van der Waals surface area contributed by atoms with Crippen LogP contribution in [0.25, 0.3) is 0 Å². The summed E-state index contributed by atoms with van der Waals surface area (Å²) in [6.07, 6.45) is 9.03. The van der Waals surface area contributed by atoms with E-state index >= 15 is 0 Å². The zero-order chi connectivity index (χ0) is 11.8. The van der Waals surface area contributed by atoms with Gasteiger partial charge in [-0.15, -0.1) is 0 Å². The minimum atomic E-state index is 0.117. The molecule has 1 heterocycles. The molecule has 0 aromatic carbocycles. The molecule has 3 heteroatoms. The van der Waals surface area contributed by atoms with Crippen LogP contribution in [0.2, 0.25) is 0 Å². The van der Waals surface area contributed by atoms with E-state index in [0.717, 1.165) is 24.8 Å². The van der Waals surface area contributed by atoms with Gasteiger partial charge in [-0.1, -0.05) is 12.8 Å². The van der Waals surface area contributed by atoms with E-state index in [9.17, 15) is 4.79 Å². The number of likely N-dealkylation sites (N-methyl/N-ethyl adjacent to an activating group) is 1. The molecule has 0 aromatic heterocycles. The second kappa shape index (κ2) is 4.60. The zero-order valence-electron chi connectivity index (χ0n) is 10.8. The van der Waals surface area contributed by atoms with Crippen LogP contribution >= 0.6 is 0 Å². The third kappa shape index (κ3) is 2.49. The fraction of sp³-hybridized carbons (Fsp3) is 0.929. The van der Waals surface area contributed by atoms with E-state index in [1.54, 1.807) is 0 Å². The average Bonchev–Trinajstić information content (AvgIpc) is 3.04. The summed E-state index contributed by atoms with van der Waals surface area (Å²) >= 11 is 0. The Bertz CT molecular complexity index is 287. The molecule has 1 saturated heterocycles. The number of hydrogen-bond donors (Lipinski definition) is 1. The Hall–Kier alpha value is -0.570. The molecule has 3 unspecified atom stereocenters. The second-order valence-corrected chi connectivity index (χ2v) is 6.27. The van der Waals surface area contributed by atoms with Crippen molar-refractivity contribution < 1.29 is 4.79 Å². The van der Waals surface area contributed by atoms with Gasteiger partial charge in [-0.3, -0.25) is 4.79 Å². The molecule has 3 atom stereocenters. The van der Waals surface area contributed by atoms with Crippen LogP contribution in [0, 0.1) is 11.8 Å². The van der Waals surface area contributed by atoms with E-state index in [-0.39, 0.29) is 6.04 Å². The Kier molecular flexibility index (Phi) is 3.12. The minimum Gasteiger partial charge on any atom is -0.344 e. The number of carbonyl (C=O) groups is 1. The highest BCUT2D eigenvalue weighted by Gasteiger charge is 2.39. The van der Waals surface area contributed by atoms with Gasteiger partial charge in [0, 0.05) is 19.6 Å². The van der Waals surface area contributed by atoms with Crippen molar-refractivity contribution in [3.8, 4) is 0 Å². The number of amides is 1. The number of hydrogen-bond acceptors (Lipinski definition) is 2. The molecule has 0 spiro atoms. The third-order valence-corrected chi connectivity index (χ3v) is 4.77. The Morgan fingerprint density at radius 3 is 2.71 bits per heavy atom. The van der Waals surface area contributed by atoms with Crippen LogP contribution in [0.15, 0.2) is 0 Å². The van der Waals surface area contributed by atoms with Gasteiger partial charge < -0.3 is 10.2 Å². The predicted molar refractivity (Wildman–Crippen MR) is 67.6 cm³/mol. The van der Waals surface area contributed by atoms with Crippen LogP contribution in [0.4, 0.5) is 0 Å². The van der Waals surface area contributed by atoms with Crippen molar-refractivity contribution in [1.82, 2.24) is 10.2 Å². The smallest absolute Gasteiger partial charge is 0.239 e. The first-order valence-corrected chi connectivity index (χ1v) is 7.25. The first-order chi connectivity index (χ1) is 8.24. The van der Waals surface area contributed by atoms with Crippen molar-refractivity contribution >= 4 is 5.91 Å². The van der Waals surface area contributed by atoms with Gasteiger partial charge in [0.25, 0.3) is 0 Å². The summed E-state index contributed by atoms with van der Waals surface area (Å²) in [6.45, 7) is 0.979. The minimum absolute atomic E-state index is 0.117. The van der Waals surface area contributed by atoms with Gasteiger partial charge in [0.2, 0.25) is 5.91 Å². The van der Waals surface area contributed by atoms with E-state index in [0.29, 0.717) is 11.9 Å². The largest absolute Gasteiger partial charge is 0.344 e. The van der Waals surface area contributed by atoms with E-state index < -0.39 is 0 Å². The molecule has 96 valence electrons. The lowest BCUT2D eigenvalue weighted by Crippen LogP contribution is -2.44. The molecule has 0 radical (unpaired) electrons. The highest BCUT2D eigenvalue weighted by molar-refractivity contribution is 5.82. The number of rotatable bonds is 3. The van der Waals surface area contributed by atoms with Crippen molar-refractivity contribution in [1.29, 1.82) is 0 Å². The number of fused-ring (bicyclic) bond motifs is 1. The molecule has 3 nitrogen and oxygen atoms in total. The highest BCUT2D eigenvalue weighted by Crippen LogP contribution is 2.34. The van der Waals surface area contributed by atoms with E-state index in [1.807, 2.05) is 11.9 Å². The number of nitrogens with one attached hydrogen (secondary N) is 1. The lowest BCUT2D eigenvalue weighted by molar-refractivity contribution is -0.132. The van der Waals surface area contributed by atoms with E-state index in [4.69, 9.17) is 0 Å². The number of nitrogens with zero attached hydrogens (tertiary/aromatic N) is 1. The lowest BCUT2D eigenvalue weighted by Gasteiger charge is -2.24. The molecule has 1 amide bonds. The molecule has 17 heavy (non-hydrogen) atoms. The molecule has 2 aliphatic carbocycles. The van der Waals surface area contributed by atoms with Crippen molar-refractivity contribution in [2.24, 2.45) is 11.8 Å². The van der Waals surface area contributed by atoms with Crippen LogP contribution in [-0.2, 0) is 4.79 Å². The van der Waals surface area contributed by atoms with Crippen LogP contribution in [0.5, 0.6) is 0 Å². The lowest BCUT2D eigenvalue weighted by atomic mass is 9.85. The molecule has 3 fully saturated rings. The standard InChI is InChI=1S/C14H24N2O/c1-16(9-10-6-7-10)14(17)13-8-11-4-2-3-5-12(11)15-13/h10-13,15H,2-9H2,1H3. The molecule has 0 aromatic rings. The van der Waals surface area contributed by atoms with Gasteiger partial charge in [-0.05, 0) is 43.9 Å². The van der Waals surface area contributed by atoms with Crippen molar-refractivity contribution in [3.05, 3.63) is 0 Å². The molecule has 3 aliphatic rings. The fourth-order valence-corrected chi connectivity index (χ4v) is 3.55. The summed E-state index contributed by atoms with van der Waals surface area (Å²) in [6, 6.07) is 0.749. The van der Waals surface area contributed by atoms with Gasteiger partial charge in [0.05, 0.1) is 6.04 Å². The first kappa shape index (κ1) is 11.5. The Balaban J connectivity index is 1.55. The Morgan fingerprint density at radius 1 is 1.24 bits per heavy atom. The van der Waals surface area contributed by atoms with Gasteiger partial charge in [0.1, 0.15) is 0 Å². The third-order valence-electron chi connectivity index (χ3n) is 4.77. The van der Waals surface area contributed by atoms with Crippen molar-refractivity contribution in [3.63, 3.8) is 0 Å². The molecular formula is C14H24N2O. The Labute approximate surface area is 104 Å².